The average molecular weight is 380 g/mol. The van der Waals surface area contributed by atoms with Crippen molar-refractivity contribution in [3.63, 3.8) is 0 Å². The molecule has 0 aromatic rings. The normalized spacial score (nSPS) is 11.6. The second kappa shape index (κ2) is 16.8. The SMILES string of the molecule is CCCCCCCCCCCC(=O)OCCCNCCCS(=O)(=O)O. The molecule has 0 aromatic carbocycles. The molecule has 0 rings (SSSR count). The molecule has 6 nitrogen and oxygen atoms in total. The molecule has 0 fully saturated rings. The van der Waals surface area contributed by atoms with Crippen LogP contribution in [0.5, 0.6) is 0 Å². The summed E-state index contributed by atoms with van der Waals surface area (Å²) >= 11 is 0. The van der Waals surface area contributed by atoms with Crippen molar-refractivity contribution < 1.29 is 22.5 Å². The van der Waals surface area contributed by atoms with E-state index in [-0.39, 0.29) is 11.7 Å². The first kappa shape index (κ1) is 24.3. The van der Waals surface area contributed by atoms with Crippen LogP contribution in [0.15, 0.2) is 0 Å². The van der Waals surface area contributed by atoms with Crippen LogP contribution in [-0.4, -0.2) is 44.4 Å². The van der Waals surface area contributed by atoms with E-state index in [1.54, 1.807) is 0 Å². The fraction of sp³-hybridized carbons (Fsp3) is 0.944. The Hall–Kier alpha value is -0.660. The van der Waals surface area contributed by atoms with E-state index in [0.29, 0.717) is 39.0 Å². The van der Waals surface area contributed by atoms with Gasteiger partial charge in [0.1, 0.15) is 0 Å². The van der Waals surface area contributed by atoms with E-state index >= 15 is 0 Å². The van der Waals surface area contributed by atoms with Gasteiger partial charge in [-0.05, 0) is 32.4 Å². The summed E-state index contributed by atoms with van der Waals surface area (Å²) in [7, 11) is -3.86. The summed E-state index contributed by atoms with van der Waals surface area (Å²) in [4.78, 5) is 11.6. The second-order valence-corrected chi connectivity index (χ2v) is 8.11. The van der Waals surface area contributed by atoms with Crippen molar-refractivity contribution in [2.75, 3.05) is 25.4 Å². The first-order valence-corrected chi connectivity index (χ1v) is 11.4. The van der Waals surface area contributed by atoms with Gasteiger partial charge in [-0.2, -0.15) is 8.42 Å². The summed E-state index contributed by atoms with van der Waals surface area (Å²) < 4.78 is 34.7. The molecule has 0 spiro atoms. The van der Waals surface area contributed by atoms with Crippen LogP contribution in [-0.2, 0) is 19.6 Å². The zero-order valence-corrected chi connectivity index (χ0v) is 16.6. The van der Waals surface area contributed by atoms with Crippen LogP contribution in [0.3, 0.4) is 0 Å². The third-order valence-electron chi connectivity index (χ3n) is 4.00. The van der Waals surface area contributed by atoms with Crippen molar-refractivity contribution in [2.24, 2.45) is 0 Å². The lowest BCUT2D eigenvalue weighted by Gasteiger charge is -2.06. The minimum absolute atomic E-state index is 0.130. The van der Waals surface area contributed by atoms with Crippen molar-refractivity contribution in [2.45, 2.75) is 84.0 Å². The smallest absolute Gasteiger partial charge is 0.305 e. The molecule has 0 saturated carbocycles. The maximum atomic E-state index is 11.6. The summed E-state index contributed by atoms with van der Waals surface area (Å²) in [6, 6.07) is 0. The molecule has 0 aliphatic heterocycles. The number of ether oxygens (including phenoxy) is 1. The fourth-order valence-electron chi connectivity index (χ4n) is 2.54. The number of carbonyl (C=O) groups excluding carboxylic acids is 1. The minimum Gasteiger partial charge on any atom is -0.466 e. The molecule has 150 valence electrons. The summed E-state index contributed by atoms with van der Waals surface area (Å²) in [5.41, 5.74) is 0. The number of hydrogen-bond donors (Lipinski definition) is 2. The lowest BCUT2D eigenvalue weighted by Crippen LogP contribution is -2.21. The number of carbonyl (C=O) groups is 1. The van der Waals surface area contributed by atoms with Gasteiger partial charge in [0.05, 0.1) is 12.4 Å². The van der Waals surface area contributed by atoms with Gasteiger partial charge in [0.15, 0.2) is 0 Å². The Morgan fingerprint density at radius 1 is 0.880 bits per heavy atom. The molecule has 7 heteroatoms. The Morgan fingerprint density at radius 3 is 2.04 bits per heavy atom. The third kappa shape index (κ3) is 21.3. The van der Waals surface area contributed by atoms with E-state index in [4.69, 9.17) is 9.29 Å². The summed E-state index contributed by atoms with van der Waals surface area (Å²) in [6.07, 6.45) is 12.6. The van der Waals surface area contributed by atoms with E-state index < -0.39 is 10.1 Å². The van der Waals surface area contributed by atoms with Crippen LogP contribution in [0.1, 0.15) is 84.0 Å². The van der Waals surface area contributed by atoms with E-state index in [0.717, 1.165) is 12.8 Å². The number of hydrogen-bond acceptors (Lipinski definition) is 5. The minimum atomic E-state index is -3.86. The number of esters is 1. The topological polar surface area (TPSA) is 92.7 Å². The third-order valence-corrected chi connectivity index (χ3v) is 4.81. The lowest BCUT2D eigenvalue weighted by atomic mass is 10.1. The standard InChI is InChI=1S/C18H37NO5S/c1-2-3-4-5-6-7-8-9-10-13-18(20)24-16-11-14-19-15-12-17-25(21,22)23/h19H,2-17H2,1H3,(H,21,22,23). The van der Waals surface area contributed by atoms with E-state index in [2.05, 4.69) is 12.2 Å². The summed E-state index contributed by atoms with van der Waals surface area (Å²) in [5.74, 6) is -0.359. The molecule has 0 aliphatic rings. The monoisotopic (exact) mass is 379 g/mol. The highest BCUT2D eigenvalue weighted by atomic mass is 32.2. The quantitative estimate of drug-likeness (QED) is 0.214. The number of unbranched alkanes of at least 4 members (excludes halogenated alkanes) is 8. The van der Waals surface area contributed by atoms with Gasteiger partial charge in [-0.1, -0.05) is 58.3 Å². The highest BCUT2D eigenvalue weighted by Gasteiger charge is 2.04. The Kier molecular flexibility index (Phi) is 16.3. The van der Waals surface area contributed by atoms with E-state index in [9.17, 15) is 13.2 Å². The molecular formula is C18H37NO5S. The number of rotatable bonds is 18. The van der Waals surface area contributed by atoms with Crippen molar-refractivity contribution >= 4 is 16.1 Å². The van der Waals surface area contributed by atoms with Gasteiger partial charge in [0, 0.05) is 6.42 Å². The molecule has 0 radical (unpaired) electrons. The van der Waals surface area contributed by atoms with Gasteiger partial charge in [-0.3, -0.25) is 9.35 Å². The molecule has 0 unspecified atom stereocenters. The lowest BCUT2D eigenvalue weighted by molar-refractivity contribution is -0.143. The molecule has 0 amide bonds. The molecule has 0 saturated heterocycles. The molecule has 25 heavy (non-hydrogen) atoms. The Morgan fingerprint density at radius 2 is 1.44 bits per heavy atom. The van der Waals surface area contributed by atoms with E-state index in [1.165, 1.54) is 44.9 Å². The van der Waals surface area contributed by atoms with Gasteiger partial charge >= 0.3 is 5.97 Å². The van der Waals surface area contributed by atoms with Gasteiger partial charge < -0.3 is 10.1 Å². The zero-order valence-electron chi connectivity index (χ0n) is 15.8. The van der Waals surface area contributed by atoms with Crippen LogP contribution in [0, 0.1) is 0 Å². The highest BCUT2D eigenvalue weighted by molar-refractivity contribution is 7.85. The fourth-order valence-corrected chi connectivity index (χ4v) is 3.05. The molecular weight excluding hydrogens is 342 g/mol. The maximum absolute atomic E-state index is 11.6. The first-order chi connectivity index (χ1) is 12.0. The van der Waals surface area contributed by atoms with Crippen LogP contribution >= 0.6 is 0 Å². The van der Waals surface area contributed by atoms with Gasteiger partial charge in [-0.15, -0.1) is 0 Å². The molecule has 0 aromatic heterocycles. The Labute approximate surface area is 153 Å². The second-order valence-electron chi connectivity index (χ2n) is 6.54. The van der Waals surface area contributed by atoms with Gasteiger partial charge in [0.2, 0.25) is 0 Å². The summed E-state index contributed by atoms with van der Waals surface area (Å²) in [6.45, 7) is 3.80. The zero-order chi connectivity index (χ0) is 18.8. The molecule has 2 N–H and O–H groups in total. The molecule has 0 bridgehead atoms. The molecule has 0 aliphatic carbocycles. The largest absolute Gasteiger partial charge is 0.466 e. The van der Waals surface area contributed by atoms with Crippen LogP contribution < -0.4 is 5.32 Å². The number of nitrogens with one attached hydrogen (secondary N) is 1. The van der Waals surface area contributed by atoms with Crippen molar-refractivity contribution in [3.05, 3.63) is 0 Å². The van der Waals surface area contributed by atoms with E-state index in [1.807, 2.05) is 0 Å². The van der Waals surface area contributed by atoms with Gasteiger partial charge in [-0.25, -0.2) is 0 Å². The average Bonchev–Trinajstić information content (AvgIpc) is 2.54. The van der Waals surface area contributed by atoms with Crippen LogP contribution in [0.25, 0.3) is 0 Å². The summed E-state index contributed by atoms with van der Waals surface area (Å²) in [5, 5.41) is 3.05. The molecule has 0 heterocycles. The van der Waals surface area contributed by atoms with Crippen LogP contribution in [0.4, 0.5) is 0 Å². The van der Waals surface area contributed by atoms with Crippen molar-refractivity contribution in [1.82, 2.24) is 5.32 Å². The molecule has 0 atom stereocenters. The van der Waals surface area contributed by atoms with Gasteiger partial charge in [0.25, 0.3) is 10.1 Å². The highest BCUT2D eigenvalue weighted by Crippen LogP contribution is 2.10. The van der Waals surface area contributed by atoms with Crippen molar-refractivity contribution in [3.8, 4) is 0 Å². The Bertz CT molecular complexity index is 412. The van der Waals surface area contributed by atoms with Crippen molar-refractivity contribution in [1.29, 1.82) is 0 Å². The Balaban J connectivity index is 3.23. The van der Waals surface area contributed by atoms with Crippen LogP contribution in [0.2, 0.25) is 0 Å². The predicted octanol–water partition coefficient (Wildman–Crippen LogP) is 3.71. The predicted molar refractivity (Wildman–Crippen MR) is 101 cm³/mol. The maximum Gasteiger partial charge on any atom is 0.305 e. The first-order valence-electron chi connectivity index (χ1n) is 9.77.